The monoisotopic (exact) mass is 488 g/mol. The van der Waals surface area contributed by atoms with Gasteiger partial charge in [0.15, 0.2) is 5.84 Å². The van der Waals surface area contributed by atoms with Gasteiger partial charge in [-0.1, -0.05) is 11.6 Å². The van der Waals surface area contributed by atoms with Crippen molar-refractivity contribution in [1.82, 2.24) is 4.31 Å². The van der Waals surface area contributed by atoms with Crippen molar-refractivity contribution >= 4 is 62.0 Å². The Bertz CT molecular complexity index is 766. The summed E-state index contributed by atoms with van der Waals surface area (Å²) in [4.78, 5) is 12.5. The molecule has 0 radical (unpaired) electrons. The van der Waals surface area contributed by atoms with Gasteiger partial charge in [-0.2, -0.15) is 15.9 Å². The number of halogens is 3. The fourth-order valence-corrected chi connectivity index (χ4v) is 3.66. The standard InChI is InChI=1S/C13H15ClFIN4O3S/c14-10-7-9(1-2-11(10)15)18-13(19-16)12(21)8-3-5-20(6-4-8)24(17,22)23/h1-2,7-8H,3-6H2,(H,18,19)(H2,17,22,23). The molecule has 0 atom stereocenters. The highest BCUT2D eigenvalue weighted by molar-refractivity contribution is 14.1. The summed E-state index contributed by atoms with van der Waals surface area (Å²) in [5.41, 5.74) is 0.437. The van der Waals surface area contributed by atoms with E-state index in [0.29, 0.717) is 18.5 Å². The van der Waals surface area contributed by atoms with Crippen molar-refractivity contribution in [2.24, 2.45) is 14.3 Å². The number of hydrogen-bond acceptors (Lipinski definition) is 4. The number of rotatable bonds is 4. The molecule has 0 saturated carbocycles. The zero-order valence-electron chi connectivity index (χ0n) is 12.4. The summed E-state index contributed by atoms with van der Waals surface area (Å²) in [5, 5.41) is 7.83. The third-order valence-corrected chi connectivity index (χ3v) is 5.54. The molecule has 3 N–H and O–H groups in total. The average Bonchev–Trinajstić information content (AvgIpc) is 2.54. The van der Waals surface area contributed by atoms with Crippen LogP contribution in [0.15, 0.2) is 21.4 Å². The summed E-state index contributed by atoms with van der Waals surface area (Å²) in [6.45, 7) is 0.373. The minimum absolute atomic E-state index is 0.0679. The van der Waals surface area contributed by atoms with Crippen molar-refractivity contribution in [3.63, 3.8) is 0 Å². The second kappa shape index (κ2) is 8.04. The molecule has 0 amide bonds. The maximum absolute atomic E-state index is 13.2. The Morgan fingerprint density at radius 3 is 2.54 bits per heavy atom. The summed E-state index contributed by atoms with van der Waals surface area (Å²) in [6.07, 6.45) is 0.716. The quantitative estimate of drug-likeness (QED) is 0.385. The SMILES string of the molecule is NS(=O)(=O)N1CCC(C(=O)C(=NI)Nc2ccc(F)c(Cl)c2)CC1. The average molecular weight is 489 g/mol. The number of benzene rings is 1. The van der Waals surface area contributed by atoms with E-state index in [9.17, 15) is 17.6 Å². The van der Waals surface area contributed by atoms with Gasteiger partial charge in [0.2, 0.25) is 5.78 Å². The second-order valence-electron chi connectivity index (χ2n) is 5.27. The van der Waals surface area contributed by atoms with E-state index < -0.39 is 16.0 Å². The van der Waals surface area contributed by atoms with Crippen LogP contribution in [-0.4, -0.2) is 37.4 Å². The molecule has 1 saturated heterocycles. The molecule has 0 aliphatic carbocycles. The lowest BCUT2D eigenvalue weighted by Gasteiger charge is -2.29. The topological polar surface area (TPSA) is 105 Å². The Kier molecular flexibility index (Phi) is 6.53. The van der Waals surface area contributed by atoms with E-state index in [4.69, 9.17) is 16.7 Å². The number of amidine groups is 1. The van der Waals surface area contributed by atoms with Crippen LogP contribution in [0.3, 0.4) is 0 Å². The molecule has 0 unspecified atom stereocenters. The number of nitrogens with one attached hydrogen (secondary N) is 1. The molecule has 1 aliphatic rings. The lowest BCUT2D eigenvalue weighted by Crippen LogP contribution is -2.44. The van der Waals surface area contributed by atoms with Crippen LogP contribution >= 0.6 is 34.5 Å². The molecular formula is C13H15ClFIN4O3S. The first-order valence-corrected chi connectivity index (χ1v) is 9.80. The minimum atomic E-state index is -3.73. The number of carbonyl (C=O) groups excluding carboxylic acids is 1. The third kappa shape index (κ3) is 4.85. The van der Waals surface area contributed by atoms with Crippen LogP contribution in [0, 0.1) is 11.7 Å². The van der Waals surface area contributed by atoms with Gasteiger partial charge in [0, 0.05) is 24.7 Å². The van der Waals surface area contributed by atoms with E-state index in [1.807, 2.05) is 0 Å². The fraction of sp³-hybridized carbons (Fsp3) is 0.385. The smallest absolute Gasteiger partial charge is 0.276 e. The number of ketones is 1. The van der Waals surface area contributed by atoms with Crippen molar-refractivity contribution in [1.29, 1.82) is 0 Å². The highest BCUT2D eigenvalue weighted by Gasteiger charge is 2.31. The number of hydrogen-bond donors (Lipinski definition) is 2. The van der Waals surface area contributed by atoms with Gasteiger partial charge in [-0.3, -0.25) is 4.79 Å². The van der Waals surface area contributed by atoms with Crippen LogP contribution in [-0.2, 0) is 15.0 Å². The lowest BCUT2D eigenvalue weighted by molar-refractivity contribution is -0.117. The number of carbonyl (C=O) groups is 1. The van der Waals surface area contributed by atoms with Crippen LogP contribution in [0.4, 0.5) is 10.1 Å². The van der Waals surface area contributed by atoms with Gasteiger partial charge < -0.3 is 5.32 Å². The van der Waals surface area contributed by atoms with Crippen LogP contribution in [0.2, 0.25) is 5.02 Å². The molecule has 1 aromatic rings. The van der Waals surface area contributed by atoms with Crippen LogP contribution < -0.4 is 10.5 Å². The Balaban J connectivity index is 2.03. The normalized spacial score (nSPS) is 17.8. The van der Waals surface area contributed by atoms with Crippen molar-refractivity contribution < 1.29 is 17.6 Å². The van der Waals surface area contributed by atoms with E-state index in [0.717, 1.165) is 4.31 Å². The first-order valence-electron chi connectivity index (χ1n) is 6.95. The van der Waals surface area contributed by atoms with Gasteiger partial charge in [-0.15, -0.1) is 0 Å². The molecule has 0 aromatic heterocycles. The Morgan fingerprint density at radius 1 is 1.42 bits per heavy atom. The minimum Gasteiger partial charge on any atom is -0.337 e. The Hall–Kier alpha value is -0.820. The zero-order valence-corrected chi connectivity index (χ0v) is 16.1. The second-order valence-corrected chi connectivity index (χ2v) is 7.71. The van der Waals surface area contributed by atoms with Crippen LogP contribution in [0.1, 0.15) is 12.8 Å². The first-order chi connectivity index (χ1) is 11.2. The predicted molar refractivity (Wildman–Crippen MR) is 98.9 cm³/mol. The van der Waals surface area contributed by atoms with Gasteiger partial charge in [0.25, 0.3) is 10.2 Å². The molecule has 132 valence electrons. The van der Waals surface area contributed by atoms with Crippen LogP contribution in [0.25, 0.3) is 0 Å². The summed E-state index contributed by atoms with van der Waals surface area (Å²) >= 11 is 7.40. The molecule has 2 rings (SSSR count). The lowest BCUT2D eigenvalue weighted by atomic mass is 9.93. The predicted octanol–water partition coefficient (Wildman–Crippen LogP) is 2.12. The summed E-state index contributed by atoms with van der Waals surface area (Å²) < 4.78 is 40.8. The van der Waals surface area contributed by atoms with Gasteiger partial charge in [-0.25, -0.2) is 9.53 Å². The van der Waals surface area contributed by atoms with Gasteiger partial charge in [0.1, 0.15) is 5.82 Å². The number of anilines is 1. The summed E-state index contributed by atoms with van der Waals surface area (Å²) in [7, 11) is -3.73. The van der Waals surface area contributed by atoms with Crippen molar-refractivity contribution in [3.05, 3.63) is 29.0 Å². The van der Waals surface area contributed by atoms with Crippen molar-refractivity contribution in [2.45, 2.75) is 12.8 Å². The molecule has 1 aromatic carbocycles. The van der Waals surface area contributed by atoms with E-state index in [1.165, 1.54) is 18.2 Å². The molecule has 1 heterocycles. The van der Waals surface area contributed by atoms with E-state index in [-0.39, 0.29) is 35.6 Å². The van der Waals surface area contributed by atoms with Crippen molar-refractivity contribution in [3.8, 4) is 0 Å². The molecule has 0 bridgehead atoms. The maximum atomic E-state index is 13.2. The molecule has 1 aliphatic heterocycles. The number of nitrogens with two attached hydrogens (primary N) is 1. The van der Waals surface area contributed by atoms with Gasteiger partial charge >= 0.3 is 0 Å². The summed E-state index contributed by atoms with van der Waals surface area (Å²) in [5.74, 6) is -1.05. The molecule has 1 fully saturated rings. The fourth-order valence-electron chi connectivity index (χ4n) is 2.40. The Labute approximate surface area is 158 Å². The molecule has 0 spiro atoms. The molecule has 24 heavy (non-hydrogen) atoms. The van der Waals surface area contributed by atoms with Crippen molar-refractivity contribution in [2.75, 3.05) is 18.4 Å². The van der Waals surface area contributed by atoms with E-state index in [1.54, 1.807) is 22.9 Å². The number of nitrogens with zero attached hydrogens (tertiary/aromatic N) is 2. The first kappa shape index (κ1) is 19.5. The van der Waals surface area contributed by atoms with E-state index in [2.05, 4.69) is 8.52 Å². The summed E-state index contributed by atoms with van der Waals surface area (Å²) in [6, 6.07) is 3.99. The Morgan fingerprint density at radius 2 is 2.04 bits per heavy atom. The highest BCUT2D eigenvalue weighted by atomic mass is 127. The molecule has 7 nitrogen and oxygen atoms in total. The van der Waals surface area contributed by atoms with E-state index >= 15 is 0 Å². The number of piperidine rings is 1. The maximum Gasteiger partial charge on any atom is 0.276 e. The molecular weight excluding hydrogens is 474 g/mol. The zero-order chi connectivity index (χ0) is 17.9. The van der Waals surface area contributed by atoms with Crippen LogP contribution in [0.5, 0.6) is 0 Å². The largest absolute Gasteiger partial charge is 0.337 e. The van der Waals surface area contributed by atoms with Gasteiger partial charge in [-0.05, 0) is 31.0 Å². The highest BCUT2D eigenvalue weighted by Crippen LogP contribution is 2.23. The third-order valence-electron chi connectivity index (χ3n) is 3.68. The number of Topliss-reactive ketones (excluding diaryl/α,β-unsaturated/α-hetero) is 1. The van der Waals surface area contributed by atoms with Gasteiger partial charge in [0.05, 0.1) is 27.9 Å². The molecule has 11 heteroatoms.